The number of ether oxygens (including phenoxy) is 2. The average molecular weight is 310 g/mol. The molecule has 1 aliphatic rings. The van der Waals surface area contributed by atoms with Gasteiger partial charge in [-0.3, -0.25) is 4.79 Å². The summed E-state index contributed by atoms with van der Waals surface area (Å²) in [5.74, 6) is 1.51. The van der Waals surface area contributed by atoms with Crippen LogP contribution in [0.4, 0.5) is 0 Å². The highest BCUT2D eigenvalue weighted by Gasteiger charge is 2.32. The van der Waals surface area contributed by atoms with Gasteiger partial charge in [-0.2, -0.15) is 0 Å². The van der Waals surface area contributed by atoms with Crippen molar-refractivity contribution >= 4 is 5.78 Å². The third-order valence-corrected chi connectivity index (χ3v) is 4.58. The van der Waals surface area contributed by atoms with Gasteiger partial charge in [0.25, 0.3) is 0 Å². The Kier molecular flexibility index (Phi) is 4.77. The fraction of sp³-hybridized carbons (Fsp3) is 0.350. The molecule has 1 aliphatic carbocycles. The van der Waals surface area contributed by atoms with Crippen LogP contribution in [0.3, 0.4) is 0 Å². The van der Waals surface area contributed by atoms with Gasteiger partial charge in [-0.1, -0.05) is 36.4 Å². The molecule has 0 unspecified atom stereocenters. The van der Waals surface area contributed by atoms with Crippen LogP contribution in [0.1, 0.15) is 18.4 Å². The minimum absolute atomic E-state index is 0.196. The molecule has 0 bridgehead atoms. The smallest absolute Gasteiger partial charge is 0.161 e. The van der Waals surface area contributed by atoms with Crippen molar-refractivity contribution in [1.29, 1.82) is 0 Å². The molecule has 3 rings (SSSR count). The highest BCUT2D eigenvalue weighted by molar-refractivity contribution is 5.85. The van der Waals surface area contributed by atoms with E-state index >= 15 is 0 Å². The van der Waals surface area contributed by atoms with Crippen LogP contribution in [-0.2, 0) is 16.0 Å². The van der Waals surface area contributed by atoms with E-state index in [1.165, 1.54) is 16.7 Å². The van der Waals surface area contributed by atoms with Crippen LogP contribution >= 0.6 is 0 Å². The highest BCUT2D eigenvalue weighted by atomic mass is 16.5. The molecule has 0 amide bonds. The van der Waals surface area contributed by atoms with E-state index in [2.05, 4.69) is 36.4 Å². The molecule has 2 atom stereocenters. The maximum Gasteiger partial charge on any atom is 0.161 e. The first-order chi connectivity index (χ1) is 11.2. The molecule has 2 aromatic carbocycles. The Morgan fingerprint density at radius 1 is 0.957 bits per heavy atom. The van der Waals surface area contributed by atoms with Gasteiger partial charge in [-0.25, -0.2) is 0 Å². The summed E-state index contributed by atoms with van der Waals surface area (Å²) in [7, 11) is 3.29. The first-order valence-corrected chi connectivity index (χ1v) is 7.98. The molecular formula is C20H22O3. The molecule has 3 nitrogen and oxygen atoms in total. The molecule has 0 heterocycles. The number of methoxy groups -OCH3 is 2. The van der Waals surface area contributed by atoms with E-state index < -0.39 is 0 Å². The number of carbonyl (C=O) groups is 1. The summed E-state index contributed by atoms with van der Waals surface area (Å²) >= 11 is 0. The minimum Gasteiger partial charge on any atom is -0.497 e. The molecule has 0 radical (unpaired) electrons. The van der Waals surface area contributed by atoms with E-state index in [4.69, 9.17) is 9.47 Å². The Morgan fingerprint density at radius 2 is 1.57 bits per heavy atom. The Morgan fingerprint density at radius 3 is 2.09 bits per heavy atom. The summed E-state index contributed by atoms with van der Waals surface area (Å²) in [5.41, 5.74) is 3.64. The van der Waals surface area contributed by atoms with Crippen LogP contribution in [0, 0.1) is 5.92 Å². The van der Waals surface area contributed by atoms with Gasteiger partial charge in [0.2, 0.25) is 0 Å². The fourth-order valence-corrected chi connectivity index (χ4v) is 3.27. The van der Waals surface area contributed by atoms with Gasteiger partial charge in [0.15, 0.2) is 5.78 Å². The second kappa shape index (κ2) is 6.97. The van der Waals surface area contributed by atoms with E-state index in [9.17, 15) is 4.79 Å². The van der Waals surface area contributed by atoms with Gasteiger partial charge in [-0.05, 0) is 47.6 Å². The third-order valence-electron chi connectivity index (χ3n) is 4.58. The number of benzene rings is 2. The van der Waals surface area contributed by atoms with Gasteiger partial charge < -0.3 is 9.47 Å². The van der Waals surface area contributed by atoms with E-state index in [0.717, 1.165) is 18.6 Å². The first kappa shape index (κ1) is 15.8. The standard InChI is InChI=1S/C20H22O3/c1-22-18-9-7-17(8-10-18)16-5-3-14(4-6-16)11-15-12-19(21)20(13-15)23-2/h3-10,15,20H,11-13H2,1-2H3/t15-,20-/m0/s1. The van der Waals surface area contributed by atoms with Crippen molar-refractivity contribution < 1.29 is 14.3 Å². The number of ketones is 1. The van der Waals surface area contributed by atoms with Crippen molar-refractivity contribution in [3.05, 3.63) is 54.1 Å². The molecule has 0 saturated heterocycles. The predicted molar refractivity (Wildman–Crippen MR) is 90.7 cm³/mol. The Labute approximate surface area is 137 Å². The zero-order valence-corrected chi connectivity index (χ0v) is 13.6. The Bertz CT molecular complexity index is 658. The molecule has 0 N–H and O–H groups in total. The van der Waals surface area contributed by atoms with Crippen LogP contribution < -0.4 is 4.74 Å². The van der Waals surface area contributed by atoms with E-state index in [-0.39, 0.29) is 11.9 Å². The van der Waals surface area contributed by atoms with E-state index in [0.29, 0.717) is 12.3 Å². The number of carbonyl (C=O) groups excluding carboxylic acids is 1. The lowest BCUT2D eigenvalue weighted by atomic mass is 9.96. The molecule has 1 fully saturated rings. The maximum absolute atomic E-state index is 11.8. The highest BCUT2D eigenvalue weighted by Crippen LogP contribution is 2.29. The molecule has 0 aliphatic heterocycles. The fourth-order valence-electron chi connectivity index (χ4n) is 3.27. The van der Waals surface area contributed by atoms with Crippen LogP contribution in [0.2, 0.25) is 0 Å². The van der Waals surface area contributed by atoms with Crippen LogP contribution in [0.5, 0.6) is 5.75 Å². The van der Waals surface area contributed by atoms with Crippen molar-refractivity contribution in [2.45, 2.75) is 25.4 Å². The average Bonchev–Trinajstić information content (AvgIpc) is 2.95. The zero-order chi connectivity index (χ0) is 16.2. The van der Waals surface area contributed by atoms with Gasteiger partial charge >= 0.3 is 0 Å². The first-order valence-electron chi connectivity index (χ1n) is 7.98. The summed E-state index contributed by atoms with van der Waals surface area (Å²) in [6, 6.07) is 16.7. The topological polar surface area (TPSA) is 35.5 Å². The molecule has 0 spiro atoms. The zero-order valence-electron chi connectivity index (χ0n) is 13.6. The maximum atomic E-state index is 11.8. The summed E-state index contributed by atoms with van der Waals surface area (Å²) < 4.78 is 10.4. The van der Waals surface area contributed by atoms with Crippen molar-refractivity contribution in [3.63, 3.8) is 0 Å². The SMILES string of the molecule is COc1ccc(-c2ccc(C[C@H]3CC(=O)[C@@H](OC)C3)cc2)cc1. The Hall–Kier alpha value is -2.13. The third kappa shape index (κ3) is 3.62. The van der Waals surface area contributed by atoms with Gasteiger partial charge in [0.1, 0.15) is 11.9 Å². The molecule has 2 aromatic rings. The lowest BCUT2D eigenvalue weighted by Gasteiger charge is -2.10. The van der Waals surface area contributed by atoms with Gasteiger partial charge in [0.05, 0.1) is 7.11 Å². The summed E-state index contributed by atoms with van der Waals surface area (Å²) in [5, 5.41) is 0. The molecule has 120 valence electrons. The van der Waals surface area contributed by atoms with Crippen molar-refractivity contribution in [1.82, 2.24) is 0 Å². The van der Waals surface area contributed by atoms with E-state index in [1.54, 1.807) is 14.2 Å². The van der Waals surface area contributed by atoms with Crippen LogP contribution in [0.15, 0.2) is 48.5 Å². The normalized spacial score (nSPS) is 20.7. The van der Waals surface area contributed by atoms with Crippen molar-refractivity contribution in [3.8, 4) is 16.9 Å². The summed E-state index contributed by atoms with van der Waals surface area (Å²) in [6.07, 6.45) is 2.22. The second-order valence-corrected chi connectivity index (χ2v) is 6.13. The lowest BCUT2D eigenvalue weighted by molar-refractivity contribution is -0.125. The quantitative estimate of drug-likeness (QED) is 0.840. The van der Waals surface area contributed by atoms with Crippen molar-refractivity contribution in [2.24, 2.45) is 5.92 Å². The molecular weight excluding hydrogens is 288 g/mol. The molecule has 0 aromatic heterocycles. The lowest BCUT2D eigenvalue weighted by Crippen LogP contribution is -2.14. The summed E-state index contributed by atoms with van der Waals surface area (Å²) in [6.45, 7) is 0. The van der Waals surface area contributed by atoms with Crippen LogP contribution in [0.25, 0.3) is 11.1 Å². The monoisotopic (exact) mass is 310 g/mol. The number of rotatable bonds is 5. The Balaban J connectivity index is 1.66. The molecule has 3 heteroatoms. The second-order valence-electron chi connectivity index (χ2n) is 6.13. The largest absolute Gasteiger partial charge is 0.497 e. The van der Waals surface area contributed by atoms with Crippen LogP contribution in [-0.4, -0.2) is 26.1 Å². The molecule has 1 saturated carbocycles. The number of hydrogen-bond donors (Lipinski definition) is 0. The predicted octanol–water partition coefficient (Wildman–Crippen LogP) is 3.90. The van der Waals surface area contributed by atoms with Gasteiger partial charge in [-0.15, -0.1) is 0 Å². The minimum atomic E-state index is -0.196. The van der Waals surface area contributed by atoms with E-state index in [1.807, 2.05) is 12.1 Å². The van der Waals surface area contributed by atoms with Gasteiger partial charge in [0, 0.05) is 13.5 Å². The molecule has 23 heavy (non-hydrogen) atoms. The number of hydrogen-bond acceptors (Lipinski definition) is 3. The van der Waals surface area contributed by atoms with Crippen molar-refractivity contribution in [2.75, 3.05) is 14.2 Å². The summed E-state index contributed by atoms with van der Waals surface area (Å²) in [4.78, 5) is 11.8. The number of Topliss-reactive ketones (excluding diaryl/α,β-unsaturated/α-hetero) is 1.